The summed E-state index contributed by atoms with van der Waals surface area (Å²) in [6, 6.07) is 8.09. The highest BCUT2D eigenvalue weighted by atomic mass is 32.2. The summed E-state index contributed by atoms with van der Waals surface area (Å²) in [5.41, 5.74) is 3.06. The Kier molecular flexibility index (Phi) is 8.46. The number of ether oxygens (including phenoxy) is 1. The summed E-state index contributed by atoms with van der Waals surface area (Å²) in [5.74, 6) is 0. The molecule has 1 amide bonds. The number of anilines is 1. The molecule has 196 valence electrons. The van der Waals surface area contributed by atoms with Gasteiger partial charge in [-0.15, -0.1) is 0 Å². The number of hydrogen-bond donors (Lipinski definition) is 1. The average Bonchev–Trinajstić information content (AvgIpc) is 3.71. The van der Waals surface area contributed by atoms with Crippen LogP contribution in [0, 0.1) is 0 Å². The number of sulfonamides is 1. The summed E-state index contributed by atoms with van der Waals surface area (Å²) < 4.78 is 30.9. The fourth-order valence-corrected chi connectivity index (χ4v) is 5.27. The number of nitrogens with one attached hydrogen (secondary N) is 1. The lowest BCUT2D eigenvalue weighted by molar-refractivity contribution is 0.0397. The van der Waals surface area contributed by atoms with Crippen molar-refractivity contribution >= 4 is 21.8 Å². The van der Waals surface area contributed by atoms with E-state index in [2.05, 4.69) is 19.6 Å². The third-order valence-corrected chi connectivity index (χ3v) is 7.53. The van der Waals surface area contributed by atoms with Gasteiger partial charge >= 0.3 is 6.09 Å². The Morgan fingerprint density at radius 2 is 1.69 bits per heavy atom. The van der Waals surface area contributed by atoms with Crippen molar-refractivity contribution in [1.82, 2.24) is 19.8 Å². The van der Waals surface area contributed by atoms with Crippen LogP contribution in [0.15, 0.2) is 36.7 Å². The molecule has 0 spiro atoms. The van der Waals surface area contributed by atoms with Crippen molar-refractivity contribution in [2.45, 2.75) is 77.1 Å². The van der Waals surface area contributed by atoms with Gasteiger partial charge < -0.3 is 9.64 Å². The van der Waals surface area contributed by atoms with E-state index in [0.717, 1.165) is 68.5 Å². The lowest BCUT2D eigenvalue weighted by atomic mass is 10.0. The number of piperidine rings is 1. The predicted octanol–water partition coefficient (Wildman–Crippen LogP) is 4.27. The zero-order valence-electron chi connectivity index (χ0n) is 21.4. The third kappa shape index (κ3) is 7.16. The van der Waals surface area contributed by atoms with E-state index < -0.39 is 10.0 Å². The molecule has 1 saturated carbocycles. The fraction of sp³-hybridized carbons (Fsp3) is 0.577. The van der Waals surface area contributed by atoms with E-state index in [-0.39, 0.29) is 12.2 Å². The summed E-state index contributed by atoms with van der Waals surface area (Å²) in [6.07, 6.45) is 10.5. The Balaban J connectivity index is 1.33. The second-order valence-corrected chi connectivity index (χ2v) is 11.5. The smallest absolute Gasteiger partial charge is 0.410 e. The van der Waals surface area contributed by atoms with Gasteiger partial charge in [0.2, 0.25) is 10.0 Å². The van der Waals surface area contributed by atoms with Gasteiger partial charge in [-0.05, 0) is 50.7 Å². The van der Waals surface area contributed by atoms with E-state index in [1.54, 1.807) is 18.3 Å². The summed E-state index contributed by atoms with van der Waals surface area (Å²) in [7, 11) is -3.31. The molecule has 1 aliphatic heterocycles. The largest absolute Gasteiger partial charge is 0.446 e. The maximum Gasteiger partial charge on any atom is 0.410 e. The van der Waals surface area contributed by atoms with Gasteiger partial charge in [-0.1, -0.05) is 26.0 Å². The van der Waals surface area contributed by atoms with Gasteiger partial charge in [0.05, 0.1) is 30.0 Å². The molecular weight excluding hydrogens is 478 g/mol. The van der Waals surface area contributed by atoms with E-state index >= 15 is 0 Å². The van der Waals surface area contributed by atoms with Crippen LogP contribution in [0.3, 0.4) is 0 Å². The quantitative estimate of drug-likeness (QED) is 0.504. The van der Waals surface area contributed by atoms with Crippen molar-refractivity contribution < 1.29 is 17.9 Å². The molecule has 1 aromatic carbocycles. The van der Waals surface area contributed by atoms with Crippen molar-refractivity contribution in [3.05, 3.63) is 42.4 Å². The van der Waals surface area contributed by atoms with Crippen LogP contribution in [-0.4, -0.2) is 71.8 Å². The van der Waals surface area contributed by atoms with E-state index in [0.29, 0.717) is 17.8 Å². The van der Waals surface area contributed by atoms with E-state index in [1.807, 2.05) is 37.1 Å². The first-order valence-corrected chi connectivity index (χ1v) is 14.7. The Labute approximate surface area is 214 Å². The van der Waals surface area contributed by atoms with Gasteiger partial charge in [-0.3, -0.25) is 19.6 Å². The molecule has 1 aromatic heterocycles. The zero-order chi connectivity index (χ0) is 25.7. The van der Waals surface area contributed by atoms with Crippen LogP contribution in [-0.2, 0) is 21.3 Å². The van der Waals surface area contributed by atoms with E-state index in [1.165, 1.54) is 12.8 Å². The molecule has 0 radical (unpaired) electrons. The molecule has 1 aliphatic carbocycles. The normalized spacial score (nSPS) is 17.0. The van der Waals surface area contributed by atoms with Gasteiger partial charge in [0.15, 0.2) is 0 Å². The molecule has 0 unspecified atom stereocenters. The molecule has 0 bridgehead atoms. The van der Waals surface area contributed by atoms with Crippen molar-refractivity contribution in [2.75, 3.05) is 24.1 Å². The first-order chi connectivity index (χ1) is 17.3. The fourth-order valence-electron chi connectivity index (χ4n) is 4.71. The topological polar surface area (TPSA) is 105 Å². The second-order valence-electron chi connectivity index (χ2n) is 9.79. The third-order valence-electron chi connectivity index (χ3n) is 6.92. The van der Waals surface area contributed by atoms with Crippen LogP contribution >= 0.6 is 0 Å². The van der Waals surface area contributed by atoms with Gasteiger partial charge in [0.1, 0.15) is 6.10 Å². The molecular formula is C26H37N5O4S. The first kappa shape index (κ1) is 26.3. The lowest BCUT2D eigenvalue weighted by Crippen LogP contribution is -2.48. The molecule has 1 N–H and O–H groups in total. The minimum atomic E-state index is -3.31. The highest BCUT2D eigenvalue weighted by molar-refractivity contribution is 7.92. The number of hydrogen-bond acceptors (Lipinski definition) is 7. The minimum absolute atomic E-state index is 0.00169. The number of carbonyl (C=O) groups is 1. The van der Waals surface area contributed by atoms with Crippen LogP contribution in [0.1, 0.15) is 58.1 Å². The molecule has 0 atom stereocenters. The molecule has 2 fully saturated rings. The van der Waals surface area contributed by atoms with Crippen LogP contribution in [0.2, 0.25) is 0 Å². The molecule has 2 heterocycles. The van der Waals surface area contributed by atoms with Crippen LogP contribution < -0.4 is 4.72 Å². The number of likely N-dealkylation sites (tertiary alicyclic amines) is 1. The number of rotatable bonds is 10. The SMILES string of the molecule is CCC(CC)OC(=O)N1CCC(N(Cc2cnc(-c3ccc(NS(C)(=O)=O)cc3)cn2)C2CC2)CC1. The monoisotopic (exact) mass is 515 g/mol. The molecule has 2 aromatic rings. The van der Waals surface area contributed by atoms with E-state index in [4.69, 9.17) is 4.74 Å². The standard InChI is InChI=1S/C26H37N5O4S/c1-4-24(5-2)35-26(32)30-14-12-23(13-15-30)31(22-10-11-22)18-21-16-28-25(17-27-21)19-6-8-20(9-7-19)29-36(3,33)34/h6-9,16-17,22-24,29H,4-5,10-15,18H2,1-3H3. The number of amides is 1. The van der Waals surface area contributed by atoms with Gasteiger partial charge in [-0.25, -0.2) is 13.2 Å². The summed E-state index contributed by atoms with van der Waals surface area (Å²) in [6.45, 7) is 6.29. The molecule has 1 saturated heterocycles. The van der Waals surface area contributed by atoms with Gasteiger partial charge in [0.25, 0.3) is 0 Å². The number of aromatic nitrogens is 2. The molecule has 9 nitrogen and oxygen atoms in total. The van der Waals surface area contributed by atoms with Crippen LogP contribution in [0.4, 0.5) is 10.5 Å². The van der Waals surface area contributed by atoms with Crippen molar-refractivity contribution in [3.8, 4) is 11.3 Å². The van der Waals surface area contributed by atoms with Crippen LogP contribution in [0.25, 0.3) is 11.3 Å². The average molecular weight is 516 g/mol. The lowest BCUT2D eigenvalue weighted by Gasteiger charge is -2.38. The summed E-state index contributed by atoms with van der Waals surface area (Å²) in [4.78, 5) is 26.2. The Morgan fingerprint density at radius 3 is 2.22 bits per heavy atom. The van der Waals surface area contributed by atoms with Gasteiger partial charge in [-0.2, -0.15) is 0 Å². The highest BCUT2D eigenvalue weighted by Crippen LogP contribution is 2.33. The van der Waals surface area contributed by atoms with Gasteiger partial charge in [0, 0.05) is 43.0 Å². The molecule has 10 heteroatoms. The number of carbonyl (C=O) groups excluding carboxylic acids is 1. The predicted molar refractivity (Wildman–Crippen MR) is 140 cm³/mol. The summed E-state index contributed by atoms with van der Waals surface area (Å²) in [5, 5.41) is 0. The number of benzene rings is 1. The maximum absolute atomic E-state index is 12.5. The Bertz CT molecular complexity index is 1110. The van der Waals surface area contributed by atoms with Crippen LogP contribution in [0.5, 0.6) is 0 Å². The van der Waals surface area contributed by atoms with Crippen molar-refractivity contribution in [3.63, 3.8) is 0 Å². The molecule has 2 aliphatic rings. The van der Waals surface area contributed by atoms with Crippen molar-refractivity contribution in [2.24, 2.45) is 0 Å². The highest BCUT2D eigenvalue weighted by Gasteiger charge is 2.36. The summed E-state index contributed by atoms with van der Waals surface area (Å²) >= 11 is 0. The first-order valence-electron chi connectivity index (χ1n) is 12.9. The Morgan fingerprint density at radius 1 is 1.06 bits per heavy atom. The van der Waals surface area contributed by atoms with E-state index in [9.17, 15) is 13.2 Å². The van der Waals surface area contributed by atoms with Crippen molar-refractivity contribution in [1.29, 1.82) is 0 Å². The molecule has 4 rings (SSSR count). The zero-order valence-corrected chi connectivity index (χ0v) is 22.2. The second kappa shape index (κ2) is 11.6. The minimum Gasteiger partial charge on any atom is -0.446 e. The molecule has 36 heavy (non-hydrogen) atoms. The number of nitrogens with zero attached hydrogens (tertiary/aromatic N) is 4. The Hall–Kier alpha value is -2.72. The maximum atomic E-state index is 12.5.